The molecule has 0 aliphatic carbocycles. The van der Waals surface area contributed by atoms with E-state index in [0.29, 0.717) is 26.2 Å². The second-order valence-corrected chi connectivity index (χ2v) is 9.23. The maximum Gasteiger partial charge on any atom is 0.243 e. The Bertz CT molecular complexity index is 938. The third kappa shape index (κ3) is 3.91. The number of nitrogens with one attached hydrogen (secondary N) is 2. The molecule has 0 saturated carbocycles. The topological polar surface area (TPSA) is 77.6 Å². The van der Waals surface area contributed by atoms with Gasteiger partial charge in [-0.05, 0) is 42.3 Å². The number of rotatable bonds is 4. The standard InChI is InChI=1S/C18H21ClFN5O2S/c19-15-11-14(1-2-16(15)20)28(26,27)25-9-7-24(8-10-25)18-12-17(22-23-18)13-3-5-21-6-4-13/h1-6,11,17-18,22-23H,7-10,12H2. The first-order chi connectivity index (χ1) is 13.4. The minimum atomic E-state index is -3.69. The second-order valence-electron chi connectivity index (χ2n) is 6.89. The summed E-state index contributed by atoms with van der Waals surface area (Å²) in [6.45, 7) is 1.96. The summed E-state index contributed by atoms with van der Waals surface area (Å²) in [5.41, 5.74) is 7.77. The molecule has 1 aromatic carbocycles. The average molecular weight is 426 g/mol. The highest BCUT2D eigenvalue weighted by Crippen LogP contribution is 2.26. The summed E-state index contributed by atoms with van der Waals surface area (Å²) in [4.78, 5) is 6.30. The Morgan fingerprint density at radius 1 is 1.07 bits per heavy atom. The zero-order chi connectivity index (χ0) is 19.7. The summed E-state index contributed by atoms with van der Waals surface area (Å²) >= 11 is 5.75. The van der Waals surface area contributed by atoms with Crippen LogP contribution in [0.15, 0.2) is 47.6 Å². The molecule has 28 heavy (non-hydrogen) atoms. The van der Waals surface area contributed by atoms with Crippen molar-refractivity contribution in [3.05, 3.63) is 59.1 Å². The summed E-state index contributed by atoms with van der Waals surface area (Å²) in [7, 11) is -3.69. The summed E-state index contributed by atoms with van der Waals surface area (Å²) in [5.74, 6) is -0.631. The molecule has 2 atom stereocenters. The molecule has 2 unspecified atom stereocenters. The quantitative estimate of drug-likeness (QED) is 0.777. The number of benzene rings is 1. The van der Waals surface area contributed by atoms with Gasteiger partial charge in [-0.1, -0.05) is 11.6 Å². The van der Waals surface area contributed by atoms with Gasteiger partial charge in [0.15, 0.2) is 0 Å². The molecule has 0 spiro atoms. The molecule has 4 rings (SSSR count). The van der Waals surface area contributed by atoms with Gasteiger partial charge in [0.25, 0.3) is 0 Å². The Morgan fingerprint density at radius 2 is 1.79 bits per heavy atom. The van der Waals surface area contributed by atoms with Gasteiger partial charge in [-0.3, -0.25) is 9.88 Å². The fourth-order valence-corrected chi connectivity index (χ4v) is 5.33. The average Bonchev–Trinajstić information content (AvgIpc) is 3.21. The van der Waals surface area contributed by atoms with Crippen LogP contribution in [0.4, 0.5) is 4.39 Å². The minimum Gasteiger partial charge on any atom is -0.284 e. The Hall–Kier alpha value is -1.62. The molecule has 2 N–H and O–H groups in total. The van der Waals surface area contributed by atoms with Crippen LogP contribution in [0.25, 0.3) is 0 Å². The van der Waals surface area contributed by atoms with Crippen molar-refractivity contribution in [1.29, 1.82) is 0 Å². The van der Waals surface area contributed by atoms with Gasteiger partial charge >= 0.3 is 0 Å². The number of hydrogen-bond acceptors (Lipinski definition) is 6. The van der Waals surface area contributed by atoms with Gasteiger partial charge in [-0.15, -0.1) is 0 Å². The molecule has 10 heteroatoms. The van der Waals surface area contributed by atoms with Crippen LogP contribution in [0.2, 0.25) is 5.02 Å². The highest BCUT2D eigenvalue weighted by atomic mass is 35.5. The Kier molecular flexibility index (Phi) is 5.64. The monoisotopic (exact) mass is 425 g/mol. The van der Waals surface area contributed by atoms with Gasteiger partial charge in [-0.25, -0.2) is 23.7 Å². The van der Waals surface area contributed by atoms with Crippen LogP contribution in [0.3, 0.4) is 0 Å². The summed E-state index contributed by atoms with van der Waals surface area (Å²) in [6, 6.07) is 7.67. The summed E-state index contributed by atoms with van der Waals surface area (Å²) in [6.07, 6.45) is 4.55. The number of aromatic nitrogens is 1. The number of hydrogen-bond donors (Lipinski definition) is 2. The number of halogens is 2. The maximum absolute atomic E-state index is 13.3. The zero-order valence-corrected chi connectivity index (χ0v) is 16.6. The van der Waals surface area contributed by atoms with E-state index in [-0.39, 0.29) is 22.1 Å². The van der Waals surface area contributed by atoms with Crippen molar-refractivity contribution in [1.82, 2.24) is 25.0 Å². The van der Waals surface area contributed by atoms with Gasteiger partial charge in [0.2, 0.25) is 10.0 Å². The van der Waals surface area contributed by atoms with E-state index in [1.54, 1.807) is 12.4 Å². The molecule has 0 radical (unpaired) electrons. The number of piperazine rings is 1. The maximum atomic E-state index is 13.3. The minimum absolute atomic E-state index is 0.0192. The molecule has 0 amide bonds. The lowest BCUT2D eigenvalue weighted by Gasteiger charge is -2.37. The molecular formula is C18H21ClFN5O2S. The Balaban J connectivity index is 1.37. The van der Waals surface area contributed by atoms with Crippen LogP contribution in [0.1, 0.15) is 18.0 Å². The predicted octanol–water partition coefficient (Wildman–Crippen LogP) is 1.75. The first kappa shape index (κ1) is 19.7. The summed E-state index contributed by atoms with van der Waals surface area (Å²) in [5, 5.41) is -0.192. The van der Waals surface area contributed by atoms with E-state index in [2.05, 4.69) is 20.7 Å². The van der Waals surface area contributed by atoms with Crippen molar-refractivity contribution in [3.8, 4) is 0 Å². The molecular weight excluding hydrogens is 405 g/mol. The van der Waals surface area contributed by atoms with E-state index >= 15 is 0 Å². The van der Waals surface area contributed by atoms with Crippen LogP contribution in [-0.4, -0.2) is 55.0 Å². The van der Waals surface area contributed by atoms with E-state index in [9.17, 15) is 12.8 Å². The Morgan fingerprint density at radius 3 is 2.46 bits per heavy atom. The number of sulfonamides is 1. The van der Waals surface area contributed by atoms with Gasteiger partial charge in [-0.2, -0.15) is 4.31 Å². The van der Waals surface area contributed by atoms with Crippen molar-refractivity contribution < 1.29 is 12.8 Å². The van der Waals surface area contributed by atoms with Crippen molar-refractivity contribution >= 4 is 21.6 Å². The molecule has 7 nitrogen and oxygen atoms in total. The van der Waals surface area contributed by atoms with Gasteiger partial charge in [0.05, 0.1) is 16.1 Å². The van der Waals surface area contributed by atoms with E-state index in [0.717, 1.165) is 12.5 Å². The molecule has 0 bridgehead atoms. The second kappa shape index (κ2) is 8.02. The fraction of sp³-hybridized carbons (Fsp3) is 0.389. The van der Waals surface area contributed by atoms with Crippen molar-refractivity contribution in [2.75, 3.05) is 26.2 Å². The predicted molar refractivity (Wildman–Crippen MR) is 103 cm³/mol. The van der Waals surface area contributed by atoms with E-state index < -0.39 is 15.8 Å². The van der Waals surface area contributed by atoms with Crippen molar-refractivity contribution in [3.63, 3.8) is 0 Å². The van der Waals surface area contributed by atoms with E-state index in [1.807, 2.05) is 12.1 Å². The van der Waals surface area contributed by atoms with Crippen LogP contribution < -0.4 is 10.9 Å². The first-order valence-electron chi connectivity index (χ1n) is 9.05. The van der Waals surface area contributed by atoms with Crippen LogP contribution >= 0.6 is 11.6 Å². The van der Waals surface area contributed by atoms with Gasteiger partial charge in [0, 0.05) is 44.6 Å². The van der Waals surface area contributed by atoms with E-state index in [4.69, 9.17) is 11.6 Å². The largest absolute Gasteiger partial charge is 0.284 e. The normalized spacial score (nSPS) is 24.5. The molecule has 150 valence electrons. The highest BCUT2D eigenvalue weighted by Gasteiger charge is 2.34. The molecule has 1 aromatic heterocycles. The molecule has 2 fully saturated rings. The molecule has 3 heterocycles. The number of pyridine rings is 1. The van der Waals surface area contributed by atoms with E-state index in [1.165, 1.54) is 22.0 Å². The number of nitrogens with zero attached hydrogens (tertiary/aromatic N) is 3. The van der Waals surface area contributed by atoms with Crippen molar-refractivity contribution in [2.45, 2.75) is 23.5 Å². The molecule has 2 aliphatic rings. The molecule has 2 aliphatic heterocycles. The zero-order valence-electron chi connectivity index (χ0n) is 15.1. The number of hydrazine groups is 1. The summed E-state index contributed by atoms with van der Waals surface area (Å²) < 4.78 is 40.4. The lowest BCUT2D eigenvalue weighted by molar-refractivity contribution is 0.123. The van der Waals surface area contributed by atoms with Gasteiger partial charge in [0.1, 0.15) is 5.82 Å². The third-order valence-corrected chi connectivity index (χ3v) is 7.42. The first-order valence-corrected chi connectivity index (χ1v) is 10.9. The smallest absolute Gasteiger partial charge is 0.243 e. The highest BCUT2D eigenvalue weighted by molar-refractivity contribution is 7.89. The van der Waals surface area contributed by atoms with Crippen LogP contribution in [-0.2, 0) is 10.0 Å². The molecule has 2 aromatic rings. The lowest BCUT2D eigenvalue weighted by atomic mass is 10.1. The van der Waals surface area contributed by atoms with Crippen LogP contribution in [0.5, 0.6) is 0 Å². The van der Waals surface area contributed by atoms with Gasteiger partial charge < -0.3 is 0 Å². The van der Waals surface area contributed by atoms with Crippen molar-refractivity contribution in [2.24, 2.45) is 0 Å². The lowest BCUT2D eigenvalue weighted by Crippen LogP contribution is -2.55. The Labute approximate surface area is 168 Å². The third-order valence-electron chi connectivity index (χ3n) is 5.23. The van der Waals surface area contributed by atoms with Crippen LogP contribution in [0, 0.1) is 5.82 Å². The molecule has 2 saturated heterocycles. The fourth-order valence-electron chi connectivity index (χ4n) is 3.64. The SMILES string of the molecule is O=S(=O)(c1ccc(F)c(Cl)c1)N1CCN(C2CC(c3ccncc3)NN2)CC1.